The van der Waals surface area contributed by atoms with Gasteiger partial charge in [-0.05, 0) is 18.9 Å². The molecule has 0 aliphatic heterocycles. The highest BCUT2D eigenvalue weighted by atomic mass is 16.4. The largest absolute Gasteiger partial charge is 0.478 e. The van der Waals surface area contributed by atoms with E-state index in [2.05, 4.69) is 10.3 Å². The highest BCUT2D eigenvalue weighted by Crippen LogP contribution is 2.25. The minimum absolute atomic E-state index is 0.142. The normalized spacial score (nSPS) is 10.5. The number of aromatic carboxylic acids is 1. The molecule has 2 rings (SSSR count). The average Bonchev–Trinajstić information content (AvgIpc) is 2.46. The highest BCUT2D eigenvalue weighted by Gasteiger charge is 2.13. The average molecular weight is 287 g/mol. The summed E-state index contributed by atoms with van der Waals surface area (Å²) < 4.78 is 0. The van der Waals surface area contributed by atoms with E-state index in [0.29, 0.717) is 25.1 Å². The molecule has 6 nitrogen and oxygen atoms in total. The molecule has 0 saturated carbocycles. The lowest BCUT2D eigenvalue weighted by Crippen LogP contribution is -2.12. The number of pyridine rings is 1. The van der Waals surface area contributed by atoms with Crippen LogP contribution in [0.5, 0.6) is 0 Å². The second kappa shape index (κ2) is 6.69. The van der Waals surface area contributed by atoms with E-state index in [0.717, 1.165) is 17.3 Å². The molecule has 21 heavy (non-hydrogen) atoms. The maximum atomic E-state index is 11.3. The minimum atomic E-state index is -1.02. The molecule has 110 valence electrons. The SMILES string of the molecule is NC(=O)CCCCNc1c(C(=O)O)cnc2ccccc12. The number of nitrogens with two attached hydrogens (primary N) is 1. The Balaban J connectivity index is 2.17. The van der Waals surface area contributed by atoms with Crippen LogP contribution in [0.25, 0.3) is 10.9 Å². The van der Waals surface area contributed by atoms with Gasteiger partial charge in [-0.25, -0.2) is 4.79 Å². The van der Waals surface area contributed by atoms with Crippen molar-refractivity contribution in [2.75, 3.05) is 11.9 Å². The zero-order valence-corrected chi connectivity index (χ0v) is 11.5. The van der Waals surface area contributed by atoms with Gasteiger partial charge < -0.3 is 16.2 Å². The first-order valence-electron chi connectivity index (χ1n) is 6.73. The molecular weight excluding hydrogens is 270 g/mol. The fraction of sp³-hybridized carbons (Fsp3) is 0.267. The quantitative estimate of drug-likeness (QED) is 0.675. The highest BCUT2D eigenvalue weighted by molar-refractivity contribution is 6.04. The van der Waals surface area contributed by atoms with E-state index in [1.54, 1.807) is 0 Å². The second-order valence-electron chi connectivity index (χ2n) is 4.72. The van der Waals surface area contributed by atoms with Gasteiger partial charge in [0.25, 0.3) is 0 Å². The van der Waals surface area contributed by atoms with E-state index < -0.39 is 5.97 Å². The van der Waals surface area contributed by atoms with Gasteiger partial charge in [0.05, 0.1) is 11.2 Å². The monoisotopic (exact) mass is 287 g/mol. The Morgan fingerprint density at radius 2 is 2.00 bits per heavy atom. The molecule has 1 aromatic heterocycles. The van der Waals surface area contributed by atoms with Crippen LogP contribution in [0.15, 0.2) is 30.5 Å². The van der Waals surface area contributed by atoms with E-state index >= 15 is 0 Å². The number of carboxylic acid groups (broad SMARTS) is 1. The third-order valence-corrected chi connectivity index (χ3v) is 3.16. The van der Waals surface area contributed by atoms with Gasteiger partial charge >= 0.3 is 5.97 Å². The van der Waals surface area contributed by atoms with Crippen LogP contribution in [0.4, 0.5) is 5.69 Å². The summed E-state index contributed by atoms with van der Waals surface area (Å²) in [6.45, 7) is 0.571. The van der Waals surface area contributed by atoms with E-state index in [-0.39, 0.29) is 11.5 Å². The summed E-state index contributed by atoms with van der Waals surface area (Å²) in [4.78, 5) is 26.1. The van der Waals surface area contributed by atoms with Crippen molar-refractivity contribution >= 4 is 28.5 Å². The number of anilines is 1. The number of carboxylic acids is 1. The molecule has 0 aliphatic rings. The van der Waals surface area contributed by atoms with E-state index in [1.807, 2.05) is 24.3 Å². The van der Waals surface area contributed by atoms with Gasteiger partial charge in [-0.1, -0.05) is 18.2 Å². The number of nitrogens with one attached hydrogen (secondary N) is 1. The van der Waals surface area contributed by atoms with Crippen LogP contribution in [0.3, 0.4) is 0 Å². The van der Waals surface area contributed by atoms with Crippen molar-refractivity contribution < 1.29 is 14.7 Å². The van der Waals surface area contributed by atoms with Gasteiger partial charge in [0.1, 0.15) is 5.56 Å². The number of rotatable bonds is 7. The molecular formula is C15H17N3O3. The number of hydrogen-bond acceptors (Lipinski definition) is 4. The smallest absolute Gasteiger partial charge is 0.339 e. The van der Waals surface area contributed by atoms with Gasteiger partial charge in [-0.2, -0.15) is 0 Å². The van der Waals surface area contributed by atoms with Gasteiger partial charge in [0.2, 0.25) is 5.91 Å². The van der Waals surface area contributed by atoms with Crippen LogP contribution in [-0.2, 0) is 4.79 Å². The first-order valence-corrected chi connectivity index (χ1v) is 6.73. The first kappa shape index (κ1) is 14.8. The molecule has 6 heteroatoms. The predicted molar refractivity (Wildman–Crippen MR) is 80.2 cm³/mol. The van der Waals surface area contributed by atoms with Crippen LogP contribution in [0, 0.1) is 0 Å². The van der Waals surface area contributed by atoms with Crippen LogP contribution in [0.2, 0.25) is 0 Å². The number of unbranched alkanes of at least 4 members (excludes halogenated alkanes) is 1. The van der Waals surface area contributed by atoms with Crippen molar-refractivity contribution in [1.29, 1.82) is 0 Å². The molecule has 0 aliphatic carbocycles. The van der Waals surface area contributed by atoms with Crippen molar-refractivity contribution in [1.82, 2.24) is 4.98 Å². The molecule has 0 radical (unpaired) electrons. The lowest BCUT2D eigenvalue weighted by molar-refractivity contribution is -0.118. The molecule has 2 aromatic rings. The van der Waals surface area contributed by atoms with Crippen LogP contribution < -0.4 is 11.1 Å². The molecule has 0 atom stereocenters. The maximum Gasteiger partial charge on any atom is 0.339 e. The Bertz CT molecular complexity index is 670. The number of hydrogen-bond donors (Lipinski definition) is 3. The number of benzene rings is 1. The molecule has 0 fully saturated rings. The van der Waals surface area contributed by atoms with Crippen molar-refractivity contribution in [3.05, 3.63) is 36.0 Å². The van der Waals surface area contributed by atoms with Gasteiger partial charge in [0, 0.05) is 24.5 Å². The van der Waals surface area contributed by atoms with Gasteiger partial charge in [-0.3, -0.25) is 9.78 Å². The van der Waals surface area contributed by atoms with Crippen molar-refractivity contribution in [3.63, 3.8) is 0 Å². The summed E-state index contributed by atoms with van der Waals surface area (Å²) >= 11 is 0. The molecule has 0 bridgehead atoms. The Hall–Kier alpha value is -2.63. The number of aromatic nitrogens is 1. The number of fused-ring (bicyclic) bond motifs is 1. The van der Waals surface area contributed by atoms with Crippen LogP contribution in [-0.4, -0.2) is 28.5 Å². The van der Waals surface area contributed by atoms with Crippen molar-refractivity contribution in [2.24, 2.45) is 5.73 Å². The summed E-state index contributed by atoms with van der Waals surface area (Å²) in [7, 11) is 0. The van der Waals surface area contributed by atoms with Crippen molar-refractivity contribution in [2.45, 2.75) is 19.3 Å². The van der Waals surface area contributed by atoms with Gasteiger partial charge in [0.15, 0.2) is 0 Å². The fourth-order valence-corrected chi connectivity index (χ4v) is 2.13. The summed E-state index contributed by atoms with van der Waals surface area (Å²) in [6, 6.07) is 7.36. The summed E-state index contributed by atoms with van der Waals surface area (Å²) in [6.07, 6.45) is 3.10. The summed E-state index contributed by atoms with van der Waals surface area (Å²) in [5.74, 6) is -1.34. The number of carbonyl (C=O) groups excluding carboxylic acids is 1. The molecule has 1 aromatic carbocycles. The third kappa shape index (κ3) is 3.68. The predicted octanol–water partition coefficient (Wildman–Crippen LogP) is 2.00. The number of para-hydroxylation sites is 1. The maximum absolute atomic E-state index is 11.3. The topological polar surface area (TPSA) is 105 Å². The molecule has 4 N–H and O–H groups in total. The third-order valence-electron chi connectivity index (χ3n) is 3.16. The molecule has 0 unspecified atom stereocenters. The number of carbonyl (C=O) groups is 2. The molecule has 0 saturated heterocycles. The van der Waals surface area contributed by atoms with Crippen LogP contribution >= 0.6 is 0 Å². The van der Waals surface area contributed by atoms with Crippen LogP contribution in [0.1, 0.15) is 29.6 Å². The fourth-order valence-electron chi connectivity index (χ4n) is 2.13. The van der Waals surface area contributed by atoms with E-state index in [9.17, 15) is 14.7 Å². The lowest BCUT2D eigenvalue weighted by atomic mass is 10.1. The zero-order valence-electron chi connectivity index (χ0n) is 11.5. The standard InChI is InChI=1S/C15H17N3O3/c16-13(19)7-3-4-8-17-14-10-5-1-2-6-12(10)18-9-11(14)15(20)21/h1-2,5-6,9H,3-4,7-8H2,(H2,16,19)(H,17,18)(H,20,21). The number of nitrogens with zero attached hydrogens (tertiary/aromatic N) is 1. The summed E-state index contributed by atoms with van der Waals surface area (Å²) in [5.41, 5.74) is 6.52. The number of amides is 1. The van der Waals surface area contributed by atoms with E-state index in [4.69, 9.17) is 5.73 Å². The van der Waals surface area contributed by atoms with Crippen molar-refractivity contribution in [3.8, 4) is 0 Å². The lowest BCUT2D eigenvalue weighted by Gasteiger charge is -2.12. The Labute approximate surface area is 122 Å². The Morgan fingerprint density at radius 1 is 1.24 bits per heavy atom. The second-order valence-corrected chi connectivity index (χ2v) is 4.72. The summed E-state index contributed by atoms with van der Waals surface area (Å²) in [5, 5.41) is 13.2. The molecule has 0 spiro atoms. The Kier molecular flexibility index (Phi) is 4.71. The first-order chi connectivity index (χ1) is 10.1. The molecule has 1 heterocycles. The zero-order chi connectivity index (χ0) is 15.2. The minimum Gasteiger partial charge on any atom is -0.478 e. The van der Waals surface area contributed by atoms with Gasteiger partial charge in [-0.15, -0.1) is 0 Å². The number of primary amides is 1. The Morgan fingerprint density at radius 3 is 2.71 bits per heavy atom. The van der Waals surface area contributed by atoms with E-state index in [1.165, 1.54) is 6.20 Å². The molecule has 1 amide bonds.